The molecule has 0 radical (unpaired) electrons. The molecule has 23 heavy (non-hydrogen) atoms. The second-order valence-corrected chi connectivity index (χ2v) is 5.64. The standard InChI is InChI=1S/C18H20N4O/c1-5-22-13(4)17(12(3)21-22)18(23)20-16-10-11(2)19-15-9-7-6-8-14(15)16/h6-10H,5H2,1-4H3,(H,19,20,23). The summed E-state index contributed by atoms with van der Waals surface area (Å²) in [6, 6.07) is 9.70. The van der Waals surface area contributed by atoms with Crippen LogP contribution >= 0.6 is 0 Å². The number of aromatic nitrogens is 3. The van der Waals surface area contributed by atoms with Crippen molar-refractivity contribution in [3.8, 4) is 0 Å². The third kappa shape index (κ3) is 2.70. The maximum atomic E-state index is 12.8. The predicted octanol–water partition coefficient (Wildman–Crippen LogP) is 3.63. The van der Waals surface area contributed by atoms with Crippen molar-refractivity contribution in [2.75, 3.05) is 5.32 Å². The summed E-state index contributed by atoms with van der Waals surface area (Å²) in [5.41, 5.74) is 4.80. The first-order chi connectivity index (χ1) is 11.0. The van der Waals surface area contributed by atoms with Crippen LogP contribution in [0, 0.1) is 20.8 Å². The minimum absolute atomic E-state index is 0.129. The van der Waals surface area contributed by atoms with E-state index in [0.29, 0.717) is 5.56 Å². The van der Waals surface area contributed by atoms with Crippen molar-refractivity contribution in [2.24, 2.45) is 0 Å². The van der Waals surface area contributed by atoms with E-state index in [-0.39, 0.29) is 5.91 Å². The molecular weight excluding hydrogens is 288 g/mol. The summed E-state index contributed by atoms with van der Waals surface area (Å²) in [5, 5.41) is 8.38. The van der Waals surface area contributed by atoms with Gasteiger partial charge in [-0.05, 0) is 39.8 Å². The average Bonchev–Trinajstić information content (AvgIpc) is 2.81. The van der Waals surface area contributed by atoms with Crippen molar-refractivity contribution in [1.82, 2.24) is 14.8 Å². The van der Waals surface area contributed by atoms with E-state index < -0.39 is 0 Å². The molecule has 1 aromatic carbocycles. The monoisotopic (exact) mass is 308 g/mol. The molecule has 2 aromatic heterocycles. The molecule has 2 heterocycles. The van der Waals surface area contributed by atoms with Crippen LogP contribution in [0.15, 0.2) is 30.3 Å². The van der Waals surface area contributed by atoms with Gasteiger partial charge in [0.25, 0.3) is 5.91 Å². The van der Waals surface area contributed by atoms with Gasteiger partial charge >= 0.3 is 0 Å². The van der Waals surface area contributed by atoms with Gasteiger partial charge in [-0.15, -0.1) is 0 Å². The summed E-state index contributed by atoms with van der Waals surface area (Å²) in [6.45, 7) is 8.48. The summed E-state index contributed by atoms with van der Waals surface area (Å²) in [5.74, 6) is -0.129. The lowest BCUT2D eigenvalue weighted by Crippen LogP contribution is -2.15. The Morgan fingerprint density at radius 2 is 1.96 bits per heavy atom. The zero-order valence-corrected chi connectivity index (χ0v) is 13.8. The topological polar surface area (TPSA) is 59.8 Å². The van der Waals surface area contributed by atoms with E-state index in [4.69, 9.17) is 0 Å². The Balaban J connectivity index is 2.03. The number of carbonyl (C=O) groups excluding carboxylic acids is 1. The highest BCUT2D eigenvalue weighted by Crippen LogP contribution is 2.24. The Morgan fingerprint density at radius 1 is 1.22 bits per heavy atom. The normalized spacial score (nSPS) is 11.0. The van der Waals surface area contributed by atoms with Gasteiger partial charge in [0.2, 0.25) is 0 Å². The van der Waals surface area contributed by atoms with Gasteiger partial charge in [0, 0.05) is 23.3 Å². The van der Waals surface area contributed by atoms with Gasteiger partial charge in [-0.2, -0.15) is 5.10 Å². The van der Waals surface area contributed by atoms with Crippen LogP contribution in [0.2, 0.25) is 0 Å². The highest BCUT2D eigenvalue weighted by atomic mass is 16.1. The highest BCUT2D eigenvalue weighted by molar-refractivity contribution is 6.09. The number of anilines is 1. The molecule has 1 N–H and O–H groups in total. The summed E-state index contributed by atoms with van der Waals surface area (Å²) in [6.07, 6.45) is 0. The van der Waals surface area contributed by atoms with Crippen molar-refractivity contribution in [3.63, 3.8) is 0 Å². The number of carbonyl (C=O) groups is 1. The van der Waals surface area contributed by atoms with Crippen LogP contribution in [0.1, 0.15) is 34.4 Å². The molecule has 5 heteroatoms. The number of fused-ring (bicyclic) bond motifs is 1. The van der Waals surface area contributed by atoms with Crippen LogP contribution in [0.3, 0.4) is 0 Å². The Kier molecular flexibility index (Phi) is 3.86. The molecule has 0 saturated heterocycles. The third-order valence-electron chi connectivity index (χ3n) is 4.00. The number of nitrogens with zero attached hydrogens (tertiary/aromatic N) is 3. The molecule has 0 unspecified atom stereocenters. The number of hydrogen-bond donors (Lipinski definition) is 1. The first-order valence-corrected chi connectivity index (χ1v) is 7.73. The third-order valence-corrected chi connectivity index (χ3v) is 4.00. The molecule has 1 amide bonds. The lowest BCUT2D eigenvalue weighted by atomic mass is 10.1. The van der Waals surface area contributed by atoms with E-state index in [1.807, 2.05) is 62.7 Å². The van der Waals surface area contributed by atoms with Gasteiger partial charge < -0.3 is 5.32 Å². The molecule has 3 aromatic rings. The zero-order valence-electron chi connectivity index (χ0n) is 13.8. The fourth-order valence-electron chi connectivity index (χ4n) is 2.93. The van der Waals surface area contributed by atoms with Crippen LogP contribution in [-0.2, 0) is 6.54 Å². The first-order valence-electron chi connectivity index (χ1n) is 7.73. The van der Waals surface area contributed by atoms with Gasteiger partial charge in [0.05, 0.1) is 22.5 Å². The Hall–Kier alpha value is -2.69. The number of amides is 1. The maximum absolute atomic E-state index is 12.8. The van der Waals surface area contributed by atoms with E-state index in [1.54, 1.807) is 0 Å². The zero-order chi connectivity index (χ0) is 16.6. The van der Waals surface area contributed by atoms with Crippen LogP contribution in [-0.4, -0.2) is 20.7 Å². The van der Waals surface area contributed by atoms with Crippen LogP contribution in [0.4, 0.5) is 5.69 Å². The first kappa shape index (κ1) is 15.2. The molecule has 0 spiro atoms. The average molecular weight is 308 g/mol. The second kappa shape index (κ2) is 5.83. The minimum Gasteiger partial charge on any atom is -0.321 e. The fraction of sp³-hybridized carbons (Fsp3) is 0.278. The highest BCUT2D eigenvalue weighted by Gasteiger charge is 2.19. The van der Waals surface area contributed by atoms with E-state index in [2.05, 4.69) is 15.4 Å². The lowest BCUT2D eigenvalue weighted by Gasteiger charge is -2.10. The van der Waals surface area contributed by atoms with E-state index >= 15 is 0 Å². The molecule has 0 fully saturated rings. The summed E-state index contributed by atoms with van der Waals surface area (Å²) in [7, 11) is 0. The molecule has 0 aliphatic rings. The molecule has 0 bridgehead atoms. The molecule has 0 aliphatic carbocycles. The van der Waals surface area contributed by atoms with Gasteiger partial charge in [-0.1, -0.05) is 18.2 Å². The van der Waals surface area contributed by atoms with Crippen LogP contribution < -0.4 is 5.32 Å². The predicted molar refractivity (Wildman–Crippen MR) is 91.8 cm³/mol. The molecule has 118 valence electrons. The van der Waals surface area contributed by atoms with Crippen molar-refractivity contribution < 1.29 is 4.79 Å². The van der Waals surface area contributed by atoms with Gasteiger partial charge in [0.15, 0.2) is 0 Å². The van der Waals surface area contributed by atoms with E-state index in [1.165, 1.54) is 0 Å². The van der Waals surface area contributed by atoms with Crippen molar-refractivity contribution in [3.05, 3.63) is 53.0 Å². The summed E-state index contributed by atoms with van der Waals surface area (Å²) >= 11 is 0. The van der Waals surface area contributed by atoms with Gasteiger partial charge in [0.1, 0.15) is 0 Å². The van der Waals surface area contributed by atoms with Gasteiger partial charge in [-0.3, -0.25) is 14.5 Å². The Labute approximate surface area is 135 Å². The SMILES string of the molecule is CCn1nc(C)c(C(=O)Nc2cc(C)nc3ccccc23)c1C. The number of pyridine rings is 1. The molecule has 3 rings (SSSR count). The maximum Gasteiger partial charge on any atom is 0.259 e. The number of aryl methyl sites for hydroxylation is 3. The number of rotatable bonds is 3. The summed E-state index contributed by atoms with van der Waals surface area (Å²) in [4.78, 5) is 17.3. The number of nitrogens with one attached hydrogen (secondary N) is 1. The second-order valence-electron chi connectivity index (χ2n) is 5.64. The van der Waals surface area contributed by atoms with Crippen molar-refractivity contribution in [1.29, 1.82) is 0 Å². The van der Waals surface area contributed by atoms with Crippen molar-refractivity contribution in [2.45, 2.75) is 34.2 Å². The fourth-order valence-corrected chi connectivity index (χ4v) is 2.93. The van der Waals surface area contributed by atoms with Crippen LogP contribution in [0.25, 0.3) is 10.9 Å². The number of para-hydroxylation sites is 1. The molecule has 0 aliphatic heterocycles. The number of benzene rings is 1. The smallest absolute Gasteiger partial charge is 0.259 e. The molecule has 0 saturated carbocycles. The largest absolute Gasteiger partial charge is 0.321 e. The Bertz CT molecular complexity index is 895. The van der Waals surface area contributed by atoms with Crippen LogP contribution in [0.5, 0.6) is 0 Å². The Morgan fingerprint density at radius 3 is 2.65 bits per heavy atom. The number of hydrogen-bond acceptors (Lipinski definition) is 3. The molecular formula is C18H20N4O. The lowest BCUT2D eigenvalue weighted by molar-refractivity contribution is 0.102. The quantitative estimate of drug-likeness (QED) is 0.803. The van der Waals surface area contributed by atoms with E-state index in [9.17, 15) is 4.79 Å². The minimum atomic E-state index is -0.129. The summed E-state index contributed by atoms with van der Waals surface area (Å²) < 4.78 is 1.85. The molecule has 0 atom stereocenters. The van der Waals surface area contributed by atoms with Gasteiger partial charge in [-0.25, -0.2) is 0 Å². The van der Waals surface area contributed by atoms with E-state index in [0.717, 1.165) is 40.2 Å². The molecule has 5 nitrogen and oxygen atoms in total. The van der Waals surface area contributed by atoms with Crippen molar-refractivity contribution >= 4 is 22.5 Å².